The van der Waals surface area contributed by atoms with Gasteiger partial charge in [0, 0.05) is 6.04 Å². The molecule has 0 bridgehead atoms. The number of ether oxygens (including phenoxy) is 1. The van der Waals surface area contributed by atoms with Gasteiger partial charge in [-0.25, -0.2) is 0 Å². The Morgan fingerprint density at radius 2 is 1.95 bits per heavy atom. The standard InChI is InChI=1S/C18H31NO2/c1-6-11-21-17-10-8-15(18(3,4)5)12-14(17)7-9-16(20)13(2)19/h8,10,12-13,16,20H,6-7,9,11,19H2,1-5H3. The summed E-state index contributed by atoms with van der Waals surface area (Å²) in [7, 11) is 0. The highest BCUT2D eigenvalue weighted by Gasteiger charge is 2.17. The first-order chi connectivity index (χ1) is 9.75. The van der Waals surface area contributed by atoms with Gasteiger partial charge in [0.15, 0.2) is 0 Å². The number of benzene rings is 1. The number of hydrogen-bond acceptors (Lipinski definition) is 3. The third-order valence-corrected chi connectivity index (χ3v) is 3.70. The molecule has 0 radical (unpaired) electrons. The molecule has 2 unspecified atom stereocenters. The van der Waals surface area contributed by atoms with Gasteiger partial charge in [-0.15, -0.1) is 0 Å². The van der Waals surface area contributed by atoms with E-state index in [1.54, 1.807) is 0 Å². The fourth-order valence-corrected chi connectivity index (χ4v) is 2.16. The fourth-order valence-electron chi connectivity index (χ4n) is 2.16. The highest BCUT2D eigenvalue weighted by molar-refractivity contribution is 5.40. The fraction of sp³-hybridized carbons (Fsp3) is 0.667. The van der Waals surface area contributed by atoms with Crippen molar-refractivity contribution in [2.45, 2.75) is 71.4 Å². The molecule has 0 aliphatic carbocycles. The maximum Gasteiger partial charge on any atom is 0.122 e. The number of aliphatic hydroxyl groups is 1. The molecule has 1 rings (SSSR count). The summed E-state index contributed by atoms with van der Waals surface area (Å²) >= 11 is 0. The van der Waals surface area contributed by atoms with Crippen molar-refractivity contribution >= 4 is 0 Å². The van der Waals surface area contributed by atoms with Crippen molar-refractivity contribution in [3.05, 3.63) is 29.3 Å². The van der Waals surface area contributed by atoms with Crippen LogP contribution >= 0.6 is 0 Å². The van der Waals surface area contributed by atoms with Gasteiger partial charge in [-0.05, 0) is 48.8 Å². The lowest BCUT2D eigenvalue weighted by Crippen LogP contribution is -2.31. The summed E-state index contributed by atoms with van der Waals surface area (Å²) in [6.07, 6.45) is 1.96. The van der Waals surface area contributed by atoms with Gasteiger partial charge in [-0.1, -0.05) is 39.8 Å². The van der Waals surface area contributed by atoms with Gasteiger partial charge in [0.2, 0.25) is 0 Å². The summed E-state index contributed by atoms with van der Waals surface area (Å²) in [6.45, 7) is 11.3. The van der Waals surface area contributed by atoms with Crippen molar-refractivity contribution in [3.63, 3.8) is 0 Å². The number of rotatable bonds is 7. The zero-order valence-electron chi connectivity index (χ0n) is 14.1. The second-order valence-corrected chi connectivity index (χ2v) is 6.89. The highest BCUT2D eigenvalue weighted by Crippen LogP contribution is 2.29. The van der Waals surface area contributed by atoms with Crippen LogP contribution < -0.4 is 10.5 Å². The Hall–Kier alpha value is -1.06. The van der Waals surface area contributed by atoms with E-state index < -0.39 is 6.10 Å². The van der Waals surface area contributed by atoms with Crippen LogP contribution in [0, 0.1) is 0 Å². The van der Waals surface area contributed by atoms with Crippen LogP contribution in [0.1, 0.15) is 58.6 Å². The Morgan fingerprint density at radius 1 is 1.29 bits per heavy atom. The van der Waals surface area contributed by atoms with E-state index in [1.165, 1.54) is 5.56 Å². The predicted molar refractivity (Wildman–Crippen MR) is 88.9 cm³/mol. The molecule has 0 amide bonds. The Kier molecular flexibility index (Phi) is 6.69. The Bertz CT molecular complexity index is 435. The van der Waals surface area contributed by atoms with E-state index in [1.807, 2.05) is 6.92 Å². The Balaban J connectivity index is 2.93. The number of nitrogens with two attached hydrogens (primary N) is 1. The lowest BCUT2D eigenvalue weighted by atomic mass is 9.85. The van der Waals surface area contributed by atoms with Gasteiger partial charge in [-0.3, -0.25) is 0 Å². The number of hydrogen-bond donors (Lipinski definition) is 2. The van der Waals surface area contributed by atoms with Crippen LogP contribution in [0.3, 0.4) is 0 Å². The van der Waals surface area contributed by atoms with Crippen LogP contribution in [0.25, 0.3) is 0 Å². The lowest BCUT2D eigenvalue weighted by molar-refractivity contribution is 0.141. The largest absolute Gasteiger partial charge is 0.493 e. The summed E-state index contributed by atoms with van der Waals surface area (Å²) in [5.74, 6) is 0.932. The van der Waals surface area contributed by atoms with Gasteiger partial charge in [0.25, 0.3) is 0 Å². The van der Waals surface area contributed by atoms with Crippen molar-refractivity contribution in [1.29, 1.82) is 0 Å². The Morgan fingerprint density at radius 3 is 2.48 bits per heavy atom. The molecule has 3 N–H and O–H groups in total. The van der Waals surface area contributed by atoms with Gasteiger partial charge < -0.3 is 15.6 Å². The lowest BCUT2D eigenvalue weighted by Gasteiger charge is -2.22. The quantitative estimate of drug-likeness (QED) is 0.810. The van der Waals surface area contributed by atoms with Crippen LogP contribution in [0.15, 0.2) is 18.2 Å². The van der Waals surface area contributed by atoms with Gasteiger partial charge in [0.05, 0.1) is 12.7 Å². The van der Waals surface area contributed by atoms with Gasteiger partial charge in [-0.2, -0.15) is 0 Å². The molecule has 0 heterocycles. The van der Waals surface area contributed by atoms with Crippen molar-refractivity contribution in [2.24, 2.45) is 5.73 Å². The Labute approximate surface area is 129 Å². The SMILES string of the molecule is CCCOc1ccc(C(C)(C)C)cc1CCC(O)C(C)N. The van der Waals surface area contributed by atoms with E-state index in [9.17, 15) is 5.11 Å². The predicted octanol–water partition coefficient (Wildman–Crippen LogP) is 3.41. The molecular weight excluding hydrogens is 262 g/mol. The van der Waals surface area contributed by atoms with Crippen molar-refractivity contribution in [2.75, 3.05) is 6.61 Å². The molecule has 3 nitrogen and oxygen atoms in total. The third kappa shape index (κ3) is 5.68. The molecule has 0 aliphatic rings. The van der Waals surface area contributed by atoms with E-state index in [-0.39, 0.29) is 11.5 Å². The van der Waals surface area contributed by atoms with Crippen LogP contribution in [-0.2, 0) is 11.8 Å². The van der Waals surface area contributed by atoms with Crippen LogP contribution in [-0.4, -0.2) is 23.9 Å². The minimum atomic E-state index is -0.470. The van der Waals surface area contributed by atoms with E-state index in [2.05, 4.69) is 45.9 Å². The summed E-state index contributed by atoms with van der Waals surface area (Å²) in [6, 6.07) is 6.20. The van der Waals surface area contributed by atoms with Crippen molar-refractivity contribution < 1.29 is 9.84 Å². The van der Waals surface area contributed by atoms with Crippen LogP contribution in [0.5, 0.6) is 5.75 Å². The first-order valence-electron chi connectivity index (χ1n) is 7.95. The first kappa shape index (κ1) is 18.0. The summed E-state index contributed by atoms with van der Waals surface area (Å²) < 4.78 is 5.83. The molecule has 0 fully saturated rings. The van der Waals surface area contributed by atoms with E-state index in [4.69, 9.17) is 10.5 Å². The van der Waals surface area contributed by atoms with Crippen LogP contribution in [0.4, 0.5) is 0 Å². The number of aliphatic hydroxyl groups excluding tert-OH is 1. The second kappa shape index (κ2) is 7.81. The minimum absolute atomic E-state index is 0.109. The third-order valence-electron chi connectivity index (χ3n) is 3.70. The average molecular weight is 293 g/mol. The van der Waals surface area contributed by atoms with Gasteiger partial charge >= 0.3 is 0 Å². The molecule has 2 atom stereocenters. The molecule has 120 valence electrons. The van der Waals surface area contributed by atoms with E-state index >= 15 is 0 Å². The molecule has 0 aromatic heterocycles. The van der Waals surface area contributed by atoms with E-state index in [0.29, 0.717) is 6.42 Å². The summed E-state index contributed by atoms with van der Waals surface area (Å²) in [5.41, 5.74) is 8.30. The molecule has 21 heavy (non-hydrogen) atoms. The molecule has 1 aromatic carbocycles. The average Bonchev–Trinajstić information content (AvgIpc) is 2.41. The molecular formula is C18H31NO2. The molecule has 1 aromatic rings. The second-order valence-electron chi connectivity index (χ2n) is 6.89. The van der Waals surface area contributed by atoms with Gasteiger partial charge in [0.1, 0.15) is 5.75 Å². The minimum Gasteiger partial charge on any atom is -0.493 e. The first-order valence-corrected chi connectivity index (χ1v) is 7.95. The maximum atomic E-state index is 9.92. The smallest absolute Gasteiger partial charge is 0.122 e. The number of aryl methyl sites for hydroxylation is 1. The maximum absolute atomic E-state index is 9.92. The van der Waals surface area contributed by atoms with Crippen molar-refractivity contribution in [3.8, 4) is 5.75 Å². The normalized spacial score (nSPS) is 14.8. The summed E-state index contributed by atoms with van der Waals surface area (Å²) in [5, 5.41) is 9.92. The highest BCUT2D eigenvalue weighted by atomic mass is 16.5. The molecule has 0 aliphatic heterocycles. The zero-order valence-corrected chi connectivity index (χ0v) is 14.1. The molecule has 0 spiro atoms. The van der Waals surface area contributed by atoms with Crippen molar-refractivity contribution in [1.82, 2.24) is 0 Å². The zero-order chi connectivity index (χ0) is 16.0. The van der Waals surface area contributed by atoms with Crippen LogP contribution in [0.2, 0.25) is 0 Å². The monoisotopic (exact) mass is 293 g/mol. The summed E-state index contributed by atoms with van der Waals surface area (Å²) in [4.78, 5) is 0. The molecule has 0 saturated heterocycles. The molecule has 0 saturated carbocycles. The van der Waals surface area contributed by atoms with E-state index in [0.717, 1.165) is 30.8 Å². The topological polar surface area (TPSA) is 55.5 Å². The molecule has 3 heteroatoms.